The van der Waals surface area contributed by atoms with Crippen LogP contribution < -0.4 is 9.80 Å². The van der Waals surface area contributed by atoms with Crippen molar-refractivity contribution in [2.24, 2.45) is 0 Å². The van der Waals surface area contributed by atoms with Crippen LogP contribution in [0.25, 0.3) is 16.9 Å². The smallest absolute Gasteiger partial charge is 0.178 e. The molecule has 0 N–H and O–H groups in total. The Hall–Kier alpha value is -3.62. The van der Waals surface area contributed by atoms with Crippen molar-refractivity contribution in [3.8, 4) is 11.3 Å². The summed E-state index contributed by atoms with van der Waals surface area (Å²) in [5.74, 6) is 2.27. The normalized spacial score (nSPS) is 14.6. The average molecular weight is 390 g/mol. The first-order valence-corrected chi connectivity index (χ1v) is 9.46. The van der Waals surface area contributed by atoms with Crippen molar-refractivity contribution in [1.82, 2.24) is 30.0 Å². The van der Waals surface area contributed by atoms with E-state index in [9.17, 15) is 4.39 Å². The van der Waals surface area contributed by atoms with E-state index in [0.29, 0.717) is 0 Å². The first kappa shape index (κ1) is 17.5. The number of halogens is 1. The summed E-state index contributed by atoms with van der Waals surface area (Å²) in [6.45, 7) is 5.21. The molecule has 1 aliphatic heterocycles. The average Bonchev–Trinajstić information content (AvgIpc) is 3.15. The van der Waals surface area contributed by atoms with E-state index in [-0.39, 0.29) is 5.82 Å². The summed E-state index contributed by atoms with van der Waals surface area (Å²) in [6, 6.07) is 14.1. The fourth-order valence-electron chi connectivity index (χ4n) is 3.49. The topological polar surface area (TPSA) is 75.3 Å². The van der Waals surface area contributed by atoms with Crippen LogP contribution in [0.2, 0.25) is 0 Å². The third kappa shape index (κ3) is 3.35. The lowest BCUT2D eigenvalue weighted by Gasteiger charge is -2.35. The van der Waals surface area contributed by atoms with Crippen molar-refractivity contribution in [3.63, 3.8) is 0 Å². The maximum atomic E-state index is 13.1. The predicted octanol–water partition coefficient (Wildman–Crippen LogP) is 2.36. The molecule has 0 atom stereocenters. The highest BCUT2D eigenvalue weighted by atomic mass is 19.1. The van der Waals surface area contributed by atoms with Crippen LogP contribution in [-0.2, 0) is 0 Å². The van der Waals surface area contributed by atoms with E-state index in [1.165, 1.54) is 12.1 Å². The SMILES string of the molecule is Cc1nnc2ccc(N3CCN(c4ccc(-c5ccc(F)cc5)nn4)CC3)nn12. The second kappa shape index (κ2) is 7.08. The Labute approximate surface area is 166 Å². The van der Waals surface area contributed by atoms with Gasteiger partial charge >= 0.3 is 0 Å². The summed E-state index contributed by atoms with van der Waals surface area (Å²) in [4.78, 5) is 4.45. The number of benzene rings is 1. The van der Waals surface area contributed by atoms with Gasteiger partial charge in [-0.3, -0.25) is 0 Å². The molecule has 1 aromatic carbocycles. The molecule has 0 amide bonds. The quantitative estimate of drug-likeness (QED) is 0.532. The molecule has 1 aliphatic rings. The van der Waals surface area contributed by atoms with E-state index in [1.54, 1.807) is 16.6 Å². The maximum Gasteiger partial charge on any atom is 0.178 e. The molecule has 4 heterocycles. The highest BCUT2D eigenvalue weighted by Gasteiger charge is 2.20. The molecule has 146 valence electrons. The second-order valence-electron chi connectivity index (χ2n) is 6.97. The van der Waals surface area contributed by atoms with Crippen LogP contribution in [-0.4, -0.2) is 56.2 Å². The number of hydrogen-bond donors (Lipinski definition) is 0. The summed E-state index contributed by atoms with van der Waals surface area (Å²) in [7, 11) is 0. The summed E-state index contributed by atoms with van der Waals surface area (Å²) in [5.41, 5.74) is 2.33. The zero-order valence-electron chi connectivity index (χ0n) is 15.9. The number of aromatic nitrogens is 6. The van der Waals surface area contributed by atoms with Crippen LogP contribution in [0.3, 0.4) is 0 Å². The van der Waals surface area contributed by atoms with Gasteiger partial charge in [0.1, 0.15) is 11.6 Å². The van der Waals surface area contributed by atoms with E-state index >= 15 is 0 Å². The first-order chi connectivity index (χ1) is 14.2. The molecule has 0 bridgehead atoms. The van der Waals surface area contributed by atoms with Crippen molar-refractivity contribution in [3.05, 3.63) is 60.2 Å². The number of fused-ring (bicyclic) bond motifs is 1. The first-order valence-electron chi connectivity index (χ1n) is 9.46. The van der Waals surface area contributed by atoms with Gasteiger partial charge in [0.05, 0.1) is 5.69 Å². The molecule has 0 aliphatic carbocycles. The lowest BCUT2D eigenvalue weighted by atomic mass is 10.1. The molecule has 9 heteroatoms. The third-order valence-electron chi connectivity index (χ3n) is 5.12. The Kier molecular flexibility index (Phi) is 4.27. The molecule has 1 saturated heterocycles. The van der Waals surface area contributed by atoms with Crippen LogP contribution in [0, 0.1) is 12.7 Å². The predicted molar refractivity (Wildman–Crippen MR) is 107 cm³/mol. The second-order valence-corrected chi connectivity index (χ2v) is 6.97. The van der Waals surface area contributed by atoms with E-state index in [0.717, 1.165) is 60.5 Å². The van der Waals surface area contributed by atoms with Crippen LogP contribution in [0.5, 0.6) is 0 Å². The minimum atomic E-state index is -0.260. The molecular formula is C20H19FN8. The molecule has 5 rings (SSSR count). The van der Waals surface area contributed by atoms with Crippen molar-refractivity contribution >= 4 is 17.3 Å². The monoisotopic (exact) mass is 390 g/mol. The fourth-order valence-corrected chi connectivity index (χ4v) is 3.49. The van der Waals surface area contributed by atoms with Gasteiger partial charge in [0.15, 0.2) is 17.3 Å². The van der Waals surface area contributed by atoms with Gasteiger partial charge in [-0.25, -0.2) is 4.39 Å². The molecule has 1 fully saturated rings. The van der Waals surface area contributed by atoms with Crippen molar-refractivity contribution in [2.45, 2.75) is 6.92 Å². The number of nitrogens with zero attached hydrogens (tertiary/aromatic N) is 8. The van der Waals surface area contributed by atoms with Crippen LogP contribution in [0.15, 0.2) is 48.5 Å². The molecule has 3 aromatic heterocycles. The molecule has 4 aromatic rings. The van der Waals surface area contributed by atoms with E-state index in [1.807, 2.05) is 31.2 Å². The standard InChI is InChI=1S/C20H19FN8/c1-14-22-25-19-8-9-20(26-29(14)19)28-12-10-27(11-13-28)18-7-6-17(23-24-18)15-2-4-16(21)5-3-15/h2-9H,10-13H2,1H3. The third-order valence-corrected chi connectivity index (χ3v) is 5.12. The van der Waals surface area contributed by atoms with Crippen LogP contribution >= 0.6 is 0 Å². The van der Waals surface area contributed by atoms with E-state index < -0.39 is 0 Å². The molecule has 29 heavy (non-hydrogen) atoms. The summed E-state index contributed by atoms with van der Waals surface area (Å²) < 4.78 is 14.9. The molecule has 0 radical (unpaired) electrons. The van der Waals surface area contributed by atoms with Gasteiger partial charge in [-0.2, -0.15) is 4.52 Å². The van der Waals surface area contributed by atoms with Gasteiger partial charge in [-0.05, 0) is 55.5 Å². The number of hydrogen-bond acceptors (Lipinski definition) is 7. The Morgan fingerprint density at radius 3 is 2.10 bits per heavy atom. The van der Waals surface area contributed by atoms with Crippen molar-refractivity contribution in [2.75, 3.05) is 36.0 Å². The van der Waals surface area contributed by atoms with E-state index in [4.69, 9.17) is 0 Å². The van der Waals surface area contributed by atoms with Crippen LogP contribution in [0.1, 0.15) is 5.82 Å². The molecular weight excluding hydrogens is 371 g/mol. The van der Waals surface area contributed by atoms with Gasteiger partial charge < -0.3 is 9.80 Å². The van der Waals surface area contributed by atoms with E-state index in [2.05, 4.69) is 35.3 Å². The highest BCUT2D eigenvalue weighted by Crippen LogP contribution is 2.21. The molecule has 0 saturated carbocycles. The minimum Gasteiger partial charge on any atom is -0.352 e. The number of rotatable bonds is 3. The lowest BCUT2D eigenvalue weighted by molar-refractivity contribution is 0.628. The van der Waals surface area contributed by atoms with Gasteiger partial charge in [-0.1, -0.05) is 0 Å². The van der Waals surface area contributed by atoms with Gasteiger partial charge in [0.2, 0.25) is 0 Å². The fraction of sp³-hybridized carbons (Fsp3) is 0.250. The summed E-state index contributed by atoms with van der Waals surface area (Å²) >= 11 is 0. The highest BCUT2D eigenvalue weighted by molar-refractivity contribution is 5.59. The number of aryl methyl sites for hydroxylation is 1. The van der Waals surface area contributed by atoms with Gasteiger partial charge in [0.25, 0.3) is 0 Å². The summed E-state index contributed by atoms with van der Waals surface area (Å²) in [5, 5.41) is 21.5. The van der Waals surface area contributed by atoms with Crippen LogP contribution in [0.4, 0.5) is 16.0 Å². The lowest BCUT2D eigenvalue weighted by Crippen LogP contribution is -2.47. The van der Waals surface area contributed by atoms with Gasteiger partial charge in [0, 0.05) is 31.7 Å². The maximum absolute atomic E-state index is 13.1. The number of anilines is 2. The van der Waals surface area contributed by atoms with Crippen molar-refractivity contribution < 1.29 is 4.39 Å². The molecule has 0 unspecified atom stereocenters. The van der Waals surface area contributed by atoms with Gasteiger partial charge in [-0.15, -0.1) is 25.5 Å². The zero-order valence-corrected chi connectivity index (χ0v) is 15.9. The zero-order chi connectivity index (χ0) is 19.8. The Bertz CT molecular complexity index is 1130. The Morgan fingerprint density at radius 2 is 1.41 bits per heavy atom. The minimum absolute atomic E-state index is 0.260. The van der Waals surface area contributed by atoms with Crippen molar-refractivity contribution in [1.29, 1.82) is 0 Å². The largest absolute Gasteiger partial charge is 0.352 e. The molecule has 0 spiro atoms. The number of piperazine rings is 1. The Balaban J connectivity index is 1.27. The summed E-state index contributed by atoms with van der Waals surface area (Å²) in [6.07, 6.45) is 0. The molecule has 8 nitrogen and oxygen atoms in total. The Morgan fingerprint density at radius 1 is 0.724 bits per heavy atom.